The zero-order chi connectivity index (χ0) is 27.3. The Morgan fingerprint density at radius 1 is 1.16 bits per heavy atom. The average molecular weight is 538 g/mol. The fourth-order valence-electron chi connectivity index (χ4n) is 6.26. The highest BCUT2D eigenvalue weighted by Gasteiger charge is 2.64. The van der Waals surface area contributed by atoms with Gasteiger partial charge in [0.2, 0.25) is 5.69 Å². The number of hydrogen-bond acceptors (Lipinski definition) is 5. The summed E-state index contributed by atoms with van der Waals surface area (Å²) in [5.74, 6) is 0.510. The SMILES string of the molecule is [C-]#[N+]c1ccc(OC2C(C)(C)C(NC(=O)c3ccc(CCCCCN4CCNCC4)nc3)C2(C)C)cc1Cl. The molecule has 2 N–H and O–H groups in total. The van der Waals surface area contributed by atoms with Gasteiger partial charge < -0.3 is 20.3 Å². The monoisotopic (exact) mass is 537 g/mol. The molecule has 38 heavy (non-hydrogen) atoms. The van der Waals surface area contributed by atoms with Crippen molar-refractivity contribution in [1.82, 2.24) is 20.5 Å². The number of benzene rings is 1. The second-order valence-corrected chi connectivity index (χ2v) is 12.1. The fraction of sp³-hybridized carbons (Fsp3) is 0.567. The van der Waals surface area contributed by atoms with E-state index in [-0.39, 0.29) is 28.9 Å². The van der Waals surface area contributed by atoms with Gasteiger partial charge in [-0.2, -0.15) is 0 Å². The van der Waals surface area contributed by atoms with Crippen LogP contribution in [0.1, 0.15) is 63.0 Å². The van der Waals surface area contributed by atoms with Gasteiger partial charge in [-0.25, -0.2) is 4.85 Å². The molecule has 1 aliphatic carbocycles. The Balaban J connectivity index is 1.26. The second kappa shape index (κ2) is 12.0. The summed E-state index contributed by atoms with van der Waals surface area (Å²) in [4.78, 5) is 23.6. The van der Waals surface area contributed by atoms with Gasteiger partial charge in [0.25, 0.3) is 5.91 Å². The number of halogens is 1. The van der Waals surface area contributed by atoms with Gasteiger partial charge in [-0.05, 0) is 50.1 Å². The summed E-state index contributed by atoms with van der Waals surface area (Å²) >= 11 is 6.20. The van der Waals surface area contributed by atoms with Gasteiger partial charge >= 0.3 is 0 Å². The first-order valence-corrected chi connectivity index (χ1v) is 14.0. The van der Waals surface area contributed by atoms with Gasteiger partial charge in [0.1, 0.15) is 11.9 Å². The maximum Gasteiger partial charge on any atom is 0.253 e. The number of ether oxygens (including phenoxy) is 1. The lowest BCUT2D eigenvalue weighted by Gasteiger charge is -2.63. The van der Waals surface area contributed by atoms with Crippen molar-refractivity contribution < 1.29 is 9.53 Å². The minimum Gasteiger partial charge on any atom is -0.489 e. The van der Waals surface area contributed by atoms with E-state index >= 15 is 0 Å². The molecule has 1 saturated heterocycles. The van der Waals surface area contributed by atoms with Crippen LogP contribution < -0.4 is 15.4 Å². The Kier molecular flexibility index (Phi) is 8.97. The number of hydrogen-bond donors (Lipinski definition) is 2. The third kappa shape index (κ3) is 6.31. The first-order valence-electron chi connectivity index (χ1n) is 13.7. The largest absolute Gasteiger partial charge is 0.489 e. The lowest BCUT2D eigenvalue weighted by atomic mass is 9.49. The summed E-state index contributed by atoms with van der Waals surface area (Å²) in [5.41, 5.74) is 1.40. The first-order chi connectivity index (χ1) is 18.1. The summed E-state index contributed by atoms with van der Waals surface area (Å²) in [6.45, 7) is 21.3. The predicted octanol–water partition coefficient (Wildman–Crippen LogP) is 5.52. The number of amides is 1. The van der Waals surface area contributed by atoms with E-state index in [1.165, 1.54) is 19.4 Å². The smallest absolute Gasteiger partial charge is 0.253 e. The molecular weight excluding hydrogens is 498 g/mol. The van der Waals surface area contributed by atoms with Crippen LogP contribution in [0, 0.1) is 17.4 Å². The quantitative estimate of drug-likeness (QED) is 0.308. The predicted molar refractivity (Wildman–Crippen MR) is 152 cm³/mol. The van der Waals surface area contributed by atoms with Crippen molar-refractivity contribution in [2.24, 2.45) is 10.8 Å². The molecule has 2 aromatic rings. The highest BCUT2D eigenvalue weighted by molar-refractivity contribution is 6.33. The zero-order valence-corrected chi connectivity index (χ0v) is 23.8. The maximum atomic E-state index is 13.1. The summed E-state index contributed by atoms with van der Waals surface area (Å²) in [5, 5.41) is 7.01. The van der Waals surface area contributed by atoms with E-state index < -0.39 is 0 Å². The molecule has 7 nitrogen and oxygen atoms in total. The van der Waals surface area contributed by atoms with Crippen molar-refractivity contribution in [3.8, 4) is 5.75 Å². The lowest BCUT2D eigenvalue weighted by molar-refractivity contribution is -0.164. The van der Waals surface area contributed by atoms with E-state index in [2.05, 4.69) is 53.1 Å². The number of carbonyl (C=O) groups excluding carboxylic acids is 1. The lowest BCUT2D eigenvalue weighted by Crippen LogP contribution is -2.74. The van der Waals surface area contributed by atoms with Crippen molar-refractivity contribution in [2.45, 2.75) is 65.5 Å². The van der Waals surface area contributed by atoms with Crippen molar-refractivity contribution in [3.63, 3.8) is 0 Å². The van der Waals surface area contributed by atoms with Gasteiger partial charge in [-0.15, -0.1) is 0 Å². The Bertz CT molecular complexity index is 1140. The van der Waals surface area contributed by atoms with E-state index in [1.807, 2.05) is 12.1 Å². The number of carbonyl (C=O) groups is 1. The summed E-state index contributed by atoms with van der Waals surface area (Å²) in [7, 11) is 0. The third-order valence-electron chi connectivity index (χ3n) is 8.11. The number of rotatable bonds is 10. The van der Waals surface area contributed by atoms with Gasteiger partial charge in [0.15, 0.2) is 0 Å². The van der Waals surface area contributed by atoms with Crippen LogP contribution in [-0.4, -0.2) is 60.7 Å². The number of aryl methyl sites for hydroxylation is 1. The average Bonchev–Trinajstić information content (AvgIpc) is 2.90. The molecule has 1 aromatic carbocycles. The van der Waals surface area contributed by atoms with Crippen LogP contribution in [0.25, 0.3) is 4.85 Å². The molecule has 204 valence electrons. The van der Waals surface area contributed by atoms with Gasteiger partial charge in [0, 0.05) is 54.9 Å². The topological polar surface area (TPSA) is 70.8 Å². The minimum atomic E-state index is -0.303. The van der Waals surface area contributed by atoms with Crippen LogP contribution in [0.15, 0.2) is 36.5 Å². The van der Waals surface area contributed by atoms with Crippen LogP contribution >= 0.6 is 11.6 Å². The molecule has 2 fully saturated rings. The molecule has 0 atom stereocenters. The molecule has 1 saturated carbocycles. The highest BCUT2D eigenvalue weighted by Crippen LogP contribution is 2.55. The summed E-state index contributed by atoms with van der Waals surface area (Å²) in [6.07, 6.45) is 6.02. The normalized spacial score (nSPS) is 22.2. The van der Waals surface area contributed by atoms with E-state index in [9.17, 15) is 4.79 Å². The van der Waals surface area contributed by atoms with Crippen molar-refractivity contribution in [2.75, 3.05) is 32.7 Å². The van der Waals surface area contributed by atoms with Gasteiger partial charge in [-0.1, -0.05) is 51.8 Å². The summed E-state index contributed by atoms with van der Waals surface area (Å²) in [6, 6.07) is 8.91. The number of nitrogens with one attached hydrogen (secondary N) is 2. The third-order valence-corrected chi connectivity index (χ3v) is 8.42. The fourth-order valence-corrected chi connectivity index (χ4v) is 6.47. The van der Waals surface area contributed by atoms with Crippen LogP contribution in [0.2, 0.25) is 5.02 Å². The van der Waals surface area contributed by atoms with Gasteiger partial charge in [-0.3, -0.25) is 9.78 Å². The van der Waals surface area contributed by atoms with Crippen LogP contribution in [0.4, 0.5) is 5.69 Å². The minimum absolute atomic E-state index is 0.0825. The molecule has 0 bridgehead atoms. The zero-order valence-electron chi connectivity index (χ0n) is 23.0. The molecule has 0 spiro atoms. The molecule has 8 heteroatoms. The maximum absolute atomic E-state index is 13.1. The standard InChI is InChI=1S/C30H40ClN5O2/c1-29(2)27(30(3,4)28(29)38-23-12-13-25(32-5)24(31)19-23)35-26(37)21-10-11-22(34-20-21)9-7-6-8-16-36-17-14-33-15-18-36/h10-13,19-20,27-28,33H,6-9,14-18H2,1-4H3,(H,35,37). The first kappa shape index (κ1) is 28.4. The van der Waals surface area contributed by atoms with Gasteiger partial charge in [0.05, 0.1) is 17.2 Å². The van der Waals surface area contributed by atoms with E-state index in [0.29, 0.717) is 22.0 Å². The molecule has 1 aliphatic heterocycles. The Labute approximate surface area is 232 Å². The van der Waals surface area contributed by atoms with Crippen molar-refractivity contribution in [1.29, 1.82) is 0 Å². The molecule has 1 aromatic heterocycles. The number of pyridine rings is 1. The molecular formula is C30H40ClN5O2. The molecule has 1 amide bonds. The molecule has 2 aliphatic rings. The van der Waals surface area contributed by atoms with E-state index in [4.69, 9.17) is 22.9 Å². The molecule has 2 heterocycles. The number of piperazine rings is 1. The highest BCUT2D eigenvalue weighted by atomic mass is 35.5. The number of unbranched alkanes of at least 4 members (excludes halogenated alkanes) is 2. The molecule has 4 rings (SSSR count). The van der Waals surface area contributed by atoms with Crippen molar-refractivity contribution in [3.05, 3.63) is 64.2 Å². The van der Waals surface area contributed by atoms with Crippen LogP contribution in [-0.2, 0) is 6.42 Å². The second-order valence-electron chi connectivity index (χ2n) is 11.7. The van der Waals surface area contributed by atoms with E-state index in [1.54, 1.807) is 24.4 Å². The van der Waals surface area contributed by atoms with Crippen molar-refractivity contribution >= 4 is 23.2 Å². The molecule has 0 radical (unpaired) electrons. The number of aromatic nitrogens is 1. The van der Waals surface area contributed by atoms with Crippen LogP contribution in [0.3, 0.4) is 0 Å². The van der Waals surface area contributed by atoms with Crippen LogP contribution in [0.5, 0.6) is 5.75 Å². The van der Waals surface area contributed by atoms with E-state index in [0.717, 1.165) is 44.7 Å². The Hall–Kier alpha value is -2.66. The molecule has 0 unspecified atom stereocenters. The number of nitrogens with zero attached hydrogens (tertiary/aromatic N) is 3. The Morgan fingerprint density at radius 3 is 2.53 bits per heavy atom. The Morgan fingerprint density at radius 2 is 1.89 bits per heavy atom. The summed E-state index contributed by atoms with van der Waals surface area (Å²) < 4.78 is 6.33.